The smallest absolute Gasteiger partial charge is 0.259 e. The minimum absolute atomic E-state index is 0.172. The normalized spacial score (nSPS) is 16.9. The molecule has 0 fully saturated rings. The molecule has 8 heteroatoms. The minimum Gasteiger partial charge on any atom is -0.493 e. The SMILES string of the molecule is COc1cc(C(=O)N(c2ccc(C(C)C)cc2)[C@H]2C=CS(=O)(=O)C2)cc(OC)c1OC. The number of nitrogens with zero attached hydrogens (tertiary/aromatic N) is 1. The molecule has 0 aliphatic carbocycles. The maximum absolute atomic E-state index is 13.6. The highest BCUT2D eigenvalue weighted by Crippen LogP contribution is 2.39. The van der Waals surface area contributed by atoms with E-state index in [1.165, 1.54) is 26.2 Å². The Morgan fingerprint density at radius 3 is 2.00 bits per heavy atom. The van der Waals surface area contributed by atoms with Crippen LogP contribution in [0.4, 0.5) is 5.69 Å². The molecule has 7 nitrogen and oxygen atoms in total. The summed E-state index contributed by atoms with van der Waals surface area (Å²) in [5.74, 6) is 0.848. The molecule has 1 amide bonds. The van der Waals surface area contributed by atoms with Crippen LogP contribution in [0.5, 0.6) is 17.2 Å². The van der Waals surface area contributed by atoms with Gasteiger partial charge in [-0.3, -0.25) is 4.79 Å². The van der Waals surface area contributed by atoms with Gasteiger partial charge in [-0.2, -0.15) is 0 Å². The first kappa shape index (κ1) is 22.7. The highest BCUT2D eigenvalue weighted by Gasteiger charge is 2.33. The van der Waals surface area contributed by atoms with Crippen LogP contribution in [0.1, 0.15) is 35.7 Å². The Balaban J connectivity index is 2.09. The van der Waals surface area contributed by atoms with Crippen molar-refractivity contribution in [3.8, 4) is 17.2 Å². The van der Waals surface area contributed by atoms with E-state index >= 15 is 0 Å². The first-order valence-electron chi connectivity index (χ1n) is 9.85. The van der Waals surface area contributed by atoms with Gasteiger partial charge in [0.25, 0.3) is 5.91 Å². The molecule has 0 N–H and O–H groups in total. The zero-order chi connectivity index (χ0) is 22.8. The van der Waals surface area contributed by atoms with Crippen molar-refractivity contribution < 1.29 is 27.4 Å². The predicted octanol–water partition coefficient (Wildman–Crippen LogP) is 3.79. The second kappa shape index (κ2) is 9.01. The Labute approximate surface area is 183 Å². The molecule has 0 spiro atoms. The van der Waals surface area contributed by atoms with Crippen molar-refractivity contribution >= 4 is 21.4 Å². The molecular weight excluding hydrogens is 418 g/mol. The van der Waals surface area contributed by atoms with Gasteiger partial charge in [-0.05, 0) is 41.8 Å². The Hall–Kier alpha value is -3.00. The van der Waals surface area contributed by atoms with Gasteiger partial charge in [0.2, 0.25) is 5.75 Å². The third-order valence-corrected chi connectivity index (χ3v) is 6.59. The molecule has 0 radical (unpaired) electrons. The van der Waals surface area contributed by atoms with Crippen LogP contribution < -0.4 is 19.1 Å². The number of benzene rings is 2. The van der Waals surface area contributed by atoms with Crippen molar-refractivity contribution in [3.63, 3.8) is 0 Å². The van der Waals surface area contributed by atoms with E-state index in [0.29, 0.717) is 34.4 Å². The first-order valence-corrected chi connectivity index (χ1v) is 11.6. The zero-order valence-electron chi connectivity index (χ0n) is 18.3. The van der Waals surface area contributed by atoms with Crippen molar-refractivity contribution in [1.29, 1.82) is 0 Å². The van der Waals surface area contributed by atoms with Crippen LogP contribution in [0.3, 0.4) is 0 Å². The standard InChI is InChI=1S/C23H27NO6S/c1-15(2)16-6-8-18(9-7-16)24(19-10-11-31(26,27)14-19)23(25)17-12-20(28-3)22(30-5)21(13-17)29-4/h6-13,15,19H,14H2,1-5H3/t19-/m0/s1. The Morgan fingerprint density at radius 1 is 1.00 bits per heavy atom. The maximum atomic E-state index is 13.6. The Morgan fingerprint density at radius 2 is 1.58 bits per heavy atom. The van der Waals surface area contributed by atoms with E-state index < -0.39 is 15.9 Å². The van der Waals surface area contributed by atoms with Crippen molar-refractivity contribution in [3.05, 3.63) is 59.0 Å². The van der Waals surface area contributed by atoms with Gasteiger partial charge in [0.05, 0.1) is 33.1 Å². The van der Waals surface area contributed by atoms with Crippen molar-refractivity contribution in [2.75, 3.05) is 32.0 Å². The van der Waals surface area contributed by atoms with Crippen molar-refractivity contribution in [2.45, 2.75) is 25.8 Å². The summed E-state index contributed by atoms with van der Waals surface area (Å²) < 4.78 is 40.2. The van der Waals surface area contributed by atoms with Crippen molar-refractivity contribution in [2.24, 2.45) is 0 Å². The summed E-state index contributed by atoms with van der Waals surface area (Å²) in [5.41, 5.74) is 2.02. The number of carbonyl (C=O) groups is 1. The summed E-state index contributed by atoms with van der Waals surface area (Å²) in [6.45, 7) is 4.17. The van der Waals surface area contributed by atoms with Crippen LogP contribution in [0, 0.1) is 0 Å². The fourth-order valence-electron chi connectivity index (χ4n) is 3.54. The molecule has 0 saturated heterocycles. The Bertz CT molecular complexity index is 1060. The topological polar surface area (TPSA) is 82.1 Å². The number of sulfone groups is 1. The van der Waals surface area contributed by atoms with Crippen LogP contribution in [0.2, 0.25) is 0 Å². The molecule has 1 aliphatic heterocycles. The molecule has 31 heavy (non-hydrogen) atoms. The van der Waals surface area contributed by atoms with E-state index in [1.54, 1.807) is 18.2 Å². The van der Waals surface area contributed by atoms with Crippen LogP contribution in [0.15, 0.2) is 47.9 Å². The summed E-state index contributed by atoms with van der Waals surface area (Å²) >= 11 is 0. The summed E-state index contributed by atoms with van der Waals surface area (Å²) in [5, 5.41) is 1.16. The number of amides is 1. The van der Waals surface area contributed by atoms with Gasteiger partial charge in [0.15, 0.2) is 21.3 Å². The number of hydrogen-bond acceptors (Lipinski definition) is 6. The fourth-order valence-corrected chi connectivity index (χ4v) is 4.81. The second-order valence-corrected chi connectivity index (χ2v) is 9.49. The van der Waals surface area contributed by atoms with Gasteiger partial charge in [-0.15, -0.1) is 0 Å². The molecule has 2 aromatic carbocycles. The van der Waals surface area contributed by atoms with Crippen LogP contribution in [0.25, 0.3) is 0 Å². The molecule has 1 atom stereocenters. The lowest BCUT2D eigenvalue weighted by Crippen LogP contribution is -2.41. The average Bonchev–Trinajstić information content (AvgIpc) is 3.12. The predicted molar refractivity (Wildman–Crippen MR) is 120 cm³/mol. The number of anilines is 1. The summed E-state index contributed by atoms with van der Waals surface area (Å²) in [6, 6.07) is 10.1. The molecule has 1 heterocycles. The maximum Gasteiger partial charge on any atom is 0.259 e. The number of carbonyl (C=O) groups excluding carboxylic acids is 1. The van der Waals surface area contributed by atoms with E-state index in [2.05, 4.69) is 13.8 Å². The molecule has 166 valence electrons. The molecule has 2 aromatic rings. The van der Waals surface area contributed by atoms with Gasteiger partial charge in [0.1, 0.15) is 0 Å². The number of methoxy groups -OCH3 is 3. The lowest BCUT2D eigenvalue weighted by atomic mass is 10.0. The monoisotopic (exact) mass is 445 g/mol. The van der Waals surface area contributed by atoms with E-state index in [0.717, 1.165) is 11.0 Å². The molecule has 0 bridgehead atoms. The zero-order valence-corrected chi connectivity index (χ0v) is 19.1. The fraction of sp³-hybridized carbons (Fsp3) is 0.348. The van der Waals surface area contributed by atoms with Crippen LogP contribution in [-0.2, 0) is 9.84 Å². The minimum atomic E-state index is -3.37. The van der Waals surface area contributed by atoms with E-state index in [1.807, 2.05) is 24.3 Å². The van der Waals surface area contributed by atoms with Crippen LogP contribution in [-0.4, -0.2) is 47.4 Å². The molecule has 1 aliphatic rings. The number of rotatable bonds is 7. The molecule has 3 rings (SSSR count). The lowest BCUT2D eigenvalue weighted by Gasteiger charge is -2.28. The van der Waals surface area contributed by atoms with E-state index in [9.17, 15) is 13.2 Å². The first-order chi connectivity index (χ1) is 14.7. The largest absolute Gasteiger partial charge is 0.493 e. The molecule has 0 aromatic heterocycles. The molecule has 0 saturated carbocycles. The van der Waals surface area contributed by atoms with Crippen molar-refractivity contribution in [1.82, 2.24) is 0 Å². The van der Waals surface area contributed by atoms with Gasteiger partial charge in [-0.1, -0.05) is 26.0 Å². The highest BCUT2D eigenvalue weighted by atomic mass is 32.2. The number of ether oxygens (including phenoxy) is 3. The second-order valence-electron chi connectivity index (χ2n) is 7.56. The van der Waals surface area contributed by atoms with Gasteiger partial charge in [0, 0.05) is 16.7 Å². The average molecular weight is 446 g/mol. The Kier molecular flexibility index (Phi) is 6.59. The van der Waals surface area contributed by atoms with Gasteiger partial charge in [-0.25, -0.2) is 8.42 Å². The molecular formula is C23H27NO6S. The number of hydrogen-bond donors (Lipinski definition) is 0. The van der Waals surface area contributed by atoms with E-state index in [-0.39, 0.29) is 11.7 Å². The third-order valence-electron chi connectivity index (χ3n) is 5.21. The van der Waals surface area contributed by atoms with Gasteiger partial charge < -0.3 is 19.1 Å². The quantitative estimate of drug-likeness (QED) is 0.645. The van der Waals surface area contributed by atoms with Crippen LogP contribution >= 0.6 is 0 Å². The summed E-state index contributed by atoms with van der Waals surface area (Å²) in [7, 11) is 1.06. The molecule has 0 unspecified atom stereocenters. The lowest BCUT2D eigenvalue weighted by molar-refractivity contribution is 0.0982. The van der Waals surface area contributed by atoms with E-state index in [4.69, 9.17) is 14.2 Å². The summed E-state index contributed by atoms with van der Waals surface area (Å²) in [6.07, 6.45) is 1.54. The third kappa shape index (κ3) is 4.69. The highest BCUT2D eigenvalue weighted by molar-refractivity contribution is 7.94. The van der Waals surface area contributed by atoms with Gasteiger partial charge >= 0.3 is 0 Å². The summed E-state index contributed by atoms with van der Waals surface area (Å²) in [4.78, 5) is 15.1.